The van der Waals surface area contributed by atoms with Crippen LogP contribution in [0.2, 0.25) is 0 Å². The number of aryl methyl sites for hydroxylation is 2. The van der Waals surface area contributed by atoms with Crippen molar-refractivity contribution in [1.82, 2.24) is 9.36 Å². The molecule has 2 N–H and O–H groups in total. The number of amides is 1. The smallest absolute Gasteiger partial charge is 0.257 e. The lowest BCUT2D eigenvalue weighted by atomic mass is 10.0. The summed E-state index contributed by atoms with van der Waals surface area (Å²) < 4.78 is 4.00. The van der Waals surface area contributed by atoms with Gasteiger partial charge in [0.25, 0.3) is 5.91 Å². The molecule has 0 atom stereocenters. The van der Waals surface area contributed by atoms with Gasteiger partial charge < -0.3 is 5.11 Å². The molecule has 1 amide bonds. The van der Waals surface area contributed by atoms with E-state index in [0.29, 0.717) is 16.5 Å². The molecule has 102 valence electrons. The summed E-state index contributed by atoms with van der Waals surface area (Å²) in [7, 11) is 0. The van der Waals surface area contributed by atoms with Gasteiger partial charge in [-0.2, -0.15) is 4.37 Å². The van der Waals surface area contributed by atoms with Crippen LogP contribution in [0.3, 0.4) is 0 Å². The van der Waals surface area contributed by atoms with E-state index in [9.17, 15) is 4.79 Å². The van der Waals surface area contributed by atoms with Crippen LogP contribution in [0, 0.1) is 25.7 Å². The largest absolute Gasteiger partial charge is 0.384 e. The van der Waals surface area contributed by atoms with E-state index < -0.39 is 0 Å². The van der Waals surface area contributed by atoms with Crippen molar-refractivity contribution in [3.8, 4) is 11.8 Å². The number of hydrogen-bond donors (Lipinski definition) is 2. The van der Waals surface area contributed by atoms with Crippen molar-refractivity contribution in [2.75, 3.05) is 11.9 Å². The molecule has 0 bridgehead atoms. The second-order valence-corrected chi connectivity index (χ2v) is 4.84. The van der Waals surface area contributed by atoms with Crippen LogP contribution >= 0.6 is 11.5 Å². The van der Waals surface area contributed by atoms with E-state index in [-0.39, 0.29) is 12.5 Å². The summed E-state index contributed by atoms with van der Waals surface area (Å²) in [5, 5.41) is 11.9. The molecule has 2 aromatic rings. The Balaban J connectivity index is 2.22. The van der Waals surface area contributed by atoms with Gasteiger partial charge in [0.1, 0.15) is 12.4 Å². The fourth-order valence-electron chi connectivity index (χ4n) is 1.55. The van der Waals surface area contributed by atoms with E-state index in [1.807, 2.05) is 13.0 Å². The zero-order valence-corrected chi connectivity index (χ0v) is 11.9. The summed E-state index contributed by atoms with van der Waals surface area (Å²) in [5.74, 6) is 5.77. The summed E-state index contributed by atoms with van der Waals surface area (Å²) in [5.41, 5.74) is 2.17. The number of aromatic nitrogens is 2. The third kappa shape index (κ3) is 3.41. The fraction of sp³-hybridized carbons (Fsp3) is 0.214. The number of benzene rings is 1. The number of hydrogen-bond acceptors (Lipinski definition) is 5. The molecule has 5 nitrogen and oxygen atoms in total. The standard InChI is InChI=1S/C14H13N3O2S/c1-9-5-6-12(8-11(9)4-3-7-18)13(19)16-14-15-10(2)17-20-14/h5-6,8,18H,7H2,1-2H3,(H,15,16,17,19). The lowest BCUT2D eigenvalue weighted by Gasteiger charge is -2.04. The van der Waals surface area contributed by atoms with Crippen LogP contribution in [0.5, 0.6) is 0 Å². The normalized spacial score (nSPS) is 9.75. The third-order valence-corrected chi connectivity index (χ3v) is 3.27. The van der Waals surface area contributed by atoms with Gasteiger partial charge in [-0.15, -0.1) is 0 Å². The number of nitrogens with zero attached hydrogens (tertiary/aromatic N) is 2. The van der Waals surface area contributed by atoms with Gasteiger partial charge in [0.2, 0.25) is 5.13 Å². The number of carbonyl (C=O) groups excluding carboxylic acids is 1. The van der Waals surface area contributed by atoms with E-state index in [1.165, 1.54) is 0 Å². The Bertz CT molecular complexity index is 698. The van der Waals surface area contributed by atoms with Crippen molar-refractivity contribution < 1.29 is 9.90 Å². The van der Waals surface area contributed by atoms with Crippen molar-refractivity contribution in [3.05, 3.63) is 40.7 Å². The van der Waals surface area contributed by atoms with Crippen molar-refractivity contribution >= 4 is 22.6 Å². The maximum atomic E-state index is 12.1. The Hall–Kier alpha value is -2.23. The molecule has 0 fully saturated rings. The lowest BCUT2D eigenvalue weighted by Crippen LogP contribution is -2.12. The van der Waals surface area contributed by atoms with Crippen LogP contribution in [0.15, 0.2) is 18.2 Å². The van der Waals surface area contributed by atoms with Gasteiger partial charge >= 0.3 is 0 Å². The maximum Gasteiger partial charge on any atom is 0.257 e. The highest BCUT2D eigenvalue weighted by molar-refractivity contribution is 7.09. The van der Waals surface area contributed by atoms with Gasteiger partial charge in [0, 0.05) is 22.7 Å². The molecular weight excluding hydrogens is 274 g/mol. The molecule has 0 aliphatic carbocycles. The van der Waals surface area contributed by atoms with Crippen LogP contribution in [-0.4, -0.2) is 27.0 Å². The summed E-state index contributed by atoms with van der Waals surface area (Å²) in [6.07, 6.45) is 0. The van der Waals surface area contributed by atoms with Gasteiger partial charge in [0.15, 0.2) is 0 Å². The van der Waals surface area contributed by atoms with E-state index in [4.69, 9.17) is 5.11 Å². The van der Waals surface area contributed by atoms with Gasteiger partial charge in [-0.05, 0) is 31.5 Å². The van der Waals surface area contributed by atoms with Crippen molar-refractivity contribution in [2.45, 2.75) is 13.8 Å². The van der Waals surface area contributed by atoms with E-state index >= 15 is 0 Å². The third-order valence-electron chi connectivity index (χ3n) is 2.55. The fourth-order valence-corrected chi connectivity index (χ4v) is 2.12. The van der Waals surface area contributed by atoms with E-state index in [1.54, 1.807) is 19.1 Å². The Kier molecular flexibility index (Phi) is 4.45. The minimum atomic E-state index is -0.256. The topological polar surface area (TPSA) is 75.1 Å². The number of rotatable bonds is 2. The number of carbonyl (C=O) groups is 1. The molecular formula is C14H13N3O2S. The predicted molar refractivity (Wildman–Crippen MR) is 77.7 cm³/mol. The van der Waals surface area contributed by atoms with Gasteiger partial charge in [-0.25, -0.2) is 4.98 Å². The zero-order chi connectivity index (χ0) is 14.5. The second-order valence-electron chi connectivity index (χ2n) is 4.09. The molecule has 1 aromatic carbocycles. The molecule has 20 heavy (non-hydrogen) atoms. The van der Waals surface area contributed by atoms with Crippen molar-refractivity contribution in [2.24, 2.45) is 0 Å². The molecule has 6 heteroatoms. The Morgan fingerprint density at radius 3 is 2.90 bits per heavy atom. The van der Waals surface area contributed by atoms with Gasteiger partial charge in [-0.3, -0.25) is 10.1 Å². The highest BCUT2D eigenvalue weighted by atomic mass is 32.1. The van der Waals surface area contributed by atoms with Gasteiger partial charge in [0.05, 0.1) is 0 Å². The first-order valence-corrected chi connectivity index (χ1v) is 6.69. The van der Waals surface area contributed by atoms with Crippen molar-refractivity contribution in [1.29, 1.82) is 0 Å². The van der Waals surface area contributed by atoms with Crippen LogP contribution < -0.4 is 5.32 Å². The summed E-state index contributed by atoms with van der Waals surface area (Å²) in [4.78, 5) is 16.2. The SMILES string of the molecule is Cc1nsc(NC(=O)c2ccc(C)c(C#CCO)c2)n1. The number of nitrogens with one attached hydrogen (secondary N) is 1. The van der Waals surface area contributed by atoms with Crippen LogP contribution in [0.25, 0.3) is 0 Å². The predicted octanol–water partition coefficient (Wildman–Crippen LogP) is 1.75. The number of aliphatic hydroxyl groups excluding tert-OH is 1. The average Bonchev–Trinajstić information content (AvgIpc) is 2.83. The van der Waals surface area contributed by atoms with Crippen molar-refractivity contribution in [3.63, 3.8) is 0 Å². The van der Waals surface area contributed by atoms with Crippen LogP contribution in [0.4, 0.5) is 5.13 Å². The lowest BCUT2D eigenvalue weighted by molar-refractivity contribution is 0.102. The average molecular weight is 287 g/mol. The molecule has 0 spiro atoms. The van der Waals surface area contributed by atoms with Crippen LogP contribution in [-0.2, 0) is 0 Å². The summed E-state index contributed by atoms with van der Waals surface area (Å²) in [6.45, 7) is 3.46. The summed E-state index contributed by atoms with van der Waals surface area (Å²) >= 11 is 1.14. The molecule has 2 rings (SSSR count). The maximum absolute atomic E-state index is 12.1. The highest BCUT2D eigenvalue weighted by Gasteiger charge is 2.10. The minimum Gasteiger partial charge on any atom is -0.384 e. The zero-order valence-electron chi connectivity index (χ0n) is 11.1. The Morgan fingerprint density at radius 2 is 2.25 bits per heavy atom. The Morgan fingerprint density at radius 1 is 1.45 bits per heavy atom. The van der Waals surface area contributed by atoms with Crippen LogP contribution in [0.1, 0.15) is 27.3 Å². The summed E-state index contributed by atoms with van der Waals surface area (Å²) in [6, 6.07) is 5.24. The number of aliphatic hydroxyl groups is 1. The molecule has 0 saturated carbocycles. The monoisotopic (exact) mass is 287 g/mol. The first kappa shape index (κ1) is 14.2. The highest BCUT2D eigenvalue weighted by Crippen LogP contribution is 2.14. The molecule has 0 unspecified atom stereocenters. The first-order valence-electron chi connectivity index (χ1n) is 5.92. The van der Waals surface area contributed by atoms with E-state index in [0.717, 1.165) is 22.7 Å². The molecule has 1 heterocycles. The molecule has 0 radical (unpaired) electrons. The quantitative estimate of drug-likeness (QED) is 0.825. The Labute approximate surface area is 120 Å². The molecule has 0 aliphatic rings. The second kappa shape index (κ2) is 6.28. The molecule has 1 aromatic heterocycles. The number of anilines is 1. The van der Waals surface area contributed by atoms with Gasteiger partial charge in [-0.1, -0.05) is 17.9 Å². The molecule has 0 saturated heterocycles. The minimum absolute atomic E-state index is 0.208. The molecule has 0 aliphatic heterocycles. The van der Waals surface area contributed by atoms with E-state index in [2.05, 4.69) is 26.5 Å². The first-order chi connectivity index (χ1) is 9.60.